The van der Waals surface area contributed by atoms with Gasteiger partial charge < -0.3 is 9.64 Å². The monoisotopic (exact) mass is 341 g/mol. The number of amides is 1. The minimum atomic E-state index is -0.432. The van der Waals surface area contributed by atoms with Crippen LogP contribution in [0.15, 0.2) is 30.3 Å². The molecule has 1 amide bonds. The molecule has 132 valence electrons. The van der Waals surface area contributed by atoms with Crippen LogP contribution in [0, 0.1) is 0 Å². The lowest BCUT2D eigenvalue weighted by Gasteiger charge is -2.27. The van der Waals surface area contributed by atoms with E-state index in [0.29, 0.717) is 38.2 Å². The van der Waals surface area contributed by atoms with Crippen molar-refractivity contribution < 1.29 is 14.3 Å². The van der Waals surface area contributed by atoms with Gasteiger partial charge in [-0.3, -0.25) is 4.79 Å². The summed E-state index contributed by atoms with van der Waals surface area (Å²) in [6, 6.07) is 9.73. The predicted octanol–water partition coefficient (Wildman–Crippen LogP) is 2.73. The summed E-state index contributed by atoms with van der Waals surface area (Å²) < 4.78 is 6.98. The molecule has 0 saturated heterocycles. The van der Waals surface area contributed by atoms with Gasteiger partial charge in [0.05, 0.1) is 18.0 Å². The summed E-state index contributed by atoms with van der Waals surface area (Å²) >= 11 is 0. The molecule has 0 N–H and O–H groups in total. The molecule has 25 heavy (non-hydrogen) atoms. The van der Waals surface area contributed by atoms with Crippen LogP contribution >= 0.6 is 0 Å². The van der Waals surface area contributed by atoms with Crippen LogP contribution in [-0.2, 0) is 22.5 Å². The maximum atomic E-state index is 12.4. The molecule has 1 aromatic heterocycles. The second kappa shape index (κ2) is 7.51. The Morgan fingerprint density at radius 3 is 2.64 bits per heavy atom. The first-order chi connectivity index (χ1) is 12.2. The molecular weight excluding hydrogens is 318 g/mol. The summed E-state index contributed by atoms with van der Waals surface area (Å²) in [6.45, 7) is 5.12. The van der Waals surface area contributed by atoms with Gasteiger partial charge in [0, 0.05) is 31.5 Å². The fourth-order valence-electron chi connectivity index (χ4n) is 3.15. The molecule has 0 radical (unpaired) electrons. The van der Waals surface area contributed by atoms with Crippen molar-refractivity contribution in [1.29, 1.82) is 0 Å². The van der Waals surface area contributed by atoms with E-state index in [1.165, 1.54) is 0 Å². The number of para-hydroxylation sites is 1. The summed E-state index contributed by atoms with van der Waals surface area (Å²) in [7, 11) is 0. The predicted molar refractivity (Wildman–Crippen MR) is 93.5 cm³/mol. The van der Waals surface area contributed by atoms with E-state index >= 15 is 0 Å². The van der Waals surface area contributed by atoms with Crippen LogP contribution in [0.2, 0.25) is 0 Å². The van der Waals surface area contributed by atoms with Gasteiger partial charge in [-0.1, -0.05) is 25.1 Å². The third-order valence-corrected chi connectivity index (χ3v) is 4.34. The van der Waals surface area contributed by atoms with Crippen molar-refractivity contribution in [2.75, 3.05) is 13.2 Å². The number of esters is 1. The molecule has 2 heterocycles. The number of benzene rings is 1. The summed E-state index contributed by atoms with van der Waals surface area (Å²) in [4.78, 5) is 26.4. The van der Waals surface area contributed by atoms with Crippen LogP contribution in [0.5, 0.6) is 0 Å². The Hall–Kier alpha value is -2.63. The molecule has 0 aliphatic carbocycles. The Kier molecular flexibility index (Phi) is 5.16. The number of ether oxygens (including phenoxy) is 1. The van der Waals surface area contributed by atoms with E-state index in [9.17, 15) is 9.59 Å². The van der Waals surface area contributed by atoms with Crippen molar-refractivity contribution in [3.63, 3.8) is 0 Å². The van der Waals surface area contributed by atoms with Gasteiger partial charge in [0.1, 0.15) is 0 Å². The molecule has 1 aliphatic heterocycles. The fraction of sp³-hybridized carbons (Fsp3) is 0.421. The molecule has 1 aromatic carbocycles. The van der Waals surface area contributed by atoms with Crippen LogP contribution in [-0.4, -0.2) is 39.7 Å². The molecular formula is C19H23N3O3. The Labute approximate surface area is 147 Å². The van der Waals surface area contributed by atoms with E-state index in [0.717, 1.165) is 23.4 Å². The highest BCUT2D eigenvalue weighted by atomic mass is 16.5. The van der Waals surface area contributed by atoms with Crippen molar-refractivity contribution >= 4 is 11.9 Å². The number of aromatic nitrogens is 2. The molecule has 1 aliphatic rings. The van der Waals surface area contributed by atoms with Crippen molar-refractivity contribution in [1.82, 2.24) is 14.7 Å². The number of rotatable bonds is 5. The molecule has 3 rings (SSSR count). The van der Waals surface area contributed by atoms with Gasteiger partial charge in [0.15, 0.2) is 5.69 Å². The van der Waals surface area contributed by atoms with E-state index in [-0.39, 0.29) is 5.91 Å². The lowest BCUT2D eigenvalue weighted by molar-refractivity contribution is -0.132. The Bertz CT molecular complexity index is 768. The van der Waals surface area contributed by atoms with Crippen LogP contribution < -0.4 is 0 Å². The largest absolute Gasteiger partial charge is 0.461 e. The van der Waals surface area contributed by atoms with E-state index in [2.05, 4.69) is 5.10 Å². The van der Waals surface area contributed by atoms with Gasteiger partial charge in [0.25, 0.3) is 0 Å². The number of nitrogens with zero attached hydrogens (tertiary/aromatic N) is 3. The topological polar surface area (TPSA) is 64.4 Å². The number of carbonyl (C=O) groups is 2. The molecule has 0 atom stereocenters. The first-order valence-electron chi connectivity index (χ1n) is 8.76. The summed E-state index contributed by atoms with van der Waals surface area (Å²) in [5, 5.41) is 4.52. The van der Waals surface area contributed by atoms with Crippen LogP contribution in [0.4, 0.5) is 0 Å². The van der Waals surface area contributed by atoms with Gasteiger partial charge in [-0.2, -0.15) is 5.10 Å². The molecule has 6 nitrogen and oxygen atoms in total. The average molecular weight is 341 g/mol. The third kappa shape index (κ3) is 3.43. The number of fused-ring (bicyclic) bond motifs is 1. The zero-order valence-electron chi connectivity index (χ0n) is 14.7. The third-order valence-electron chi connectivity index (χ3n) is 4.34. The molecule has 6 heteroatoms. The highest BCUT2D eigenvalue weighted by Crippen LogP contribution is 2.26. The zero-order valence-corrected chi connectivity index (χ0v) is 14.7. The van der Waals surface area contributed by atoms with Crippen LogP contribution in [0.25, 0.3) is 5.69 Å². The highest BCUT2D eigenvalue weighted by molar-refractivity contribution is 5.89. The first-order valence-corrected chi connectivity index (χ1v) is 8.76. The summed E-state index contributed by atoms with van der Waals surface area (Å²) in [6.07, 6.45) is 2.01. The van der Waals surface area contributed by atoms with Gasteiger partial charge in [-0.15, -0.1) is 0 Å². The second-order valence-electron chi connectivity index (χ2n) is 6.06. The van der Waals surface area contributed by atoms with Gasteiger partial charge >= 0.3 is 5.97 Å². The Balaban J connectivity index is 2.01. The second-order valence-corrected chi connectivity index (χ2v) is 6.06. The van der Waals surface area contributed by atoms with E-state index in [1.54, 1.807) is 6.92 Å². The summed E-state index contributed by atoms with van der Waals surface area (Å²) in [5.74, 6) is -0.311. The van der Waals surface area contributed by atoms with Gasteiger partial charge in [-0.25, -0.2) is 9.48 Å². The highest BCUT2D eigenvalue weighted by Gasteiger charge is 2.30. The lowest BCUT2D eigenvalue weighted by Crippen LogP contribution is -2.36. The number of carbonyl (C=O) groups excluding carboxylic acids is 2. The molecule has 0 fully saturated rings. The Morgan fingerprint density at radius 1 is 1.20 bits per heavy atom. The van der Waals surface area contributed by atoms with Crippen LogP contribution in [0.3, 0.4) is 0 Å². The fourth-order valence-corrected chi connectivity index (χ4v) is 3.15. The minimum absolute atomic E-state index is 0.121. The van der Waals surface area contributed by atoms with Gasteiger partial charge in [-0.05, 0) is 25.5 Å². The van der Waals surface area contributed by atoms with Crippen molar-refractivity contribution in [2.24, 2.45) is 0 Å². The minimum Gasteiger partial charge on any atom is -0.461 e. The normalized spacial score (nSPS) is 13.4. The smallest absolute Gasteiger partial charge is 0.359 e. The van der Waals surface area contributed by atoms with E-state index in [4.69, 9.17) is 4.74 Å². The van der Waals surface area contributed by atoms with E-state index in [1.807, 2.05) is 46.8 Å². The first kappa shape index (κ1) is 17.2. The van der Waals surface area contributed by atoms with Crippen molar-refractivity contribution in [2.45, 2.75) is 39.7 Å². The molecule has 0 saturated carbocycles. The Morgan fingerprint density at radius 2 is 1.96 bits per heavy atom. The maximum absolute atomic E-state index is 12.4. The quantitative estimate of drug-likeness (QED) is 0.785. The maximum Gasteiger partial charge on any atom is 0.359 e. The van der Waals surface area contributed by atoms with Crippen molar-refractivity contribution in [3.05, 3.63) is 47.3 Å². The molecule has 0 unspecified atom stereocenters. The van der Waals surface area contributed by atoms with Gasteiger partial charge in [0.2, 0.25) is 5.91 Å². The van der Waals surface area contributed by atoms with Crippen molar-refractivity contribution in [3.8, 4) is 5.69 Å². The SMILES string of the molecule is CCCC(=O)N1CCc2c(c(C(=O)OCC)nn2-c2ccccc2)C1. The number of hydrogen-bond donors (Lipinski definition) is 0. The van der Waals surface area contributed by atoms with E-state index < -0.39 is 5.97 Å². The van der Waals surface area contributed by atoms with Crippen LogP contribution in [0.1, 0.15) is 48.4 Å². The standard InChI is InChI=1S/C19H23N3O3/c1-3-8-17(23)21-12-11-16-15(13-21)18(19(24)25-4-2)20-22(16)14-9-6-5-7-10-14/h5-7,9-10H,3-4,8,11-13H2,1-2H3. The average Bonchev–Trinajstić information content (AvgIpc) is 3.02. The summed E-state index contributed by atoms with van der Waals surface area (Å²) in [5.41, 5.74) is 3.00. The molecule has 2 aromatic rings. The molecule has 0 spiro atoms. The number of hydrogen-bond acceptors (Lipinski definition) is 4. The molecule has 0 bridgehead atoms. The zero-order chi connectivity index (χ0) is 17.8. The lowest BCUT2D eigenvalue weighted by atomic mass is 10.0.